The molecule has 4 N–H and O–H groups in total. The highest BCUT2D eigenvalue weighted by atomic mass is 35.5. The predicted octanol–water partition coefficient (Wildman–Crippen LogP) is 1.85. The van der Waals surface area contributed by atoms with Crippen molar-refractivity contribution < 1.29 is 4.79 Å². The van der Waals surface area contributed by atoms with Gasteiger partial charge in [0.2, 0.25) is 0 Å². The van der Waals surface area contributed by atoms with Gasteiger partial charge in [0.1, 0.15) is 0 Å². The first-order valence-electron chi connectivity index (χ1n) is 5.69. The van der Waals surface area contributed by atoms with Crippen molar-refractivity contribution in [1.82, 2.24) is 5.32 Å². The van der Waals surface area contributed by atoms with Crippen LogP contribution in [0.1, 0.15) is 23.7 Å². The Morgan fingerprint density at radius 3 is 2.76 bits per heavy atom. The predicted molar refractivity (Wildman–Crippen MR) is 71.6 cm³/mol. The highest BCUT2D eigenvalue weighted by molar-refractivity contribution is 6.31. The highest BCUT2D eigenvalue weighted by Gasteiger charge is 2.07. The topological polar surface area (TPSA) is 67.2 Å². The van der Waals surface area contributed by atoms with Crippen molar-refractivity contribution in [2.45, 2.75) is 13.3 Å². The van der Waals surface area contributed by atoms with Crippen LogP contribution in [0.25, 0.3) is 0 Å². The van der Waals surface area contributed by atoms with Crippen LogP contribution in [0.3, 0.4) is 0 Å². The molecule has 17 heavy (non-hydrogen) atoms. The number of hydrogen-bond acceptors (Lipinski definition) is 3. The van der Waals surface area contributed by atoms with E-state index in [1.165, 1.54) is 0 Å². The molecule has 0 atom stereocenters. The van der Waals surface area contributed by atoms with E-state index in [2.05, 4.69) is 17.6 Å². The number of halogens is 1. The summed E-state index contributed by atoms with van der Waals surface area (Å²) in [4.78, 5) is 11.2. The van der Waals surface area contributed by atoms with Crippen LogP contribution in [-0.2, 0) is 0 Å². The van der Waals surface area contributed by atoms with E-state index in [1.807, 2.05) is 0 Å². The summed E-state index contributed by atoms with van der Waals surface area (Å²) in [7, 11) is 0. The third-order valence-electron chi connectivity index (χ3n) is 2.29. The molecule has 5 heteroatoms. The van der Waals surface area contributed by atoms with Crippen molar-refractivity contribution in [1.29, 1.82) is 0 Å². The number of hydrogen-bond donors (Lipinski definition) is 3. The lowest BCUT2D eigenvalue weighted by Crippen LogP contribution is -2.24. The zero-order valence-corrected chi connectivity index (χ0v) is 10.7. The van der Waals surface area contributed by atoms with Gasteiger partial charge in [-0.15, -0.1) is 0 Å². The van der Waals surface area contributed by atoms with Gasteiger partial charge in [-0.25, -0.2) is 0 Å². The van der Waals surface area contributed by atoms with Crippen LogP contribution in [0.15, 0.2) is 18.2 Å². The van der Waals surface area contributed by atoms with Gasteiger partial charge < -0.3 is 16.4 Å². The maximum atomic E-state index is 11.2. The van der Waals surface area contributed by atoms with Crippen molar-refractivity contribution in [3.8, 4) is 0 Å². The van der Waals surface area contributed by atoms with Gasteiger partial charge >= 0.3 is 0 Å². The second kappa shape index (κ2) is 7.14. The van der Waals surface area contributed by atoms with Crippen LogP contribution in [-0.4, -0.2) is 25.5 Å². The lowest BCUT2D eigenvalue weighted by atomic mass is 10.1. The van der Waals surface area contributed by atoms with E-state index < -0.39 is 5.91 Å². The standard InChI is InChI=1S/C12H18ClN3O/c1-2-5-15-6-7-16-11-4-3-9(13)8-10(11)12(14)17/h3-4,8,15-16H,2,5-7H2,1H3,(H2,14,17). The van der Waals surface area contributed by atoms with Crippen LogP contribution in [0, 0.1) is 0 Å². The minimum atomic E-state index is -0.475. The van der Waals surface area contributed by atoms with E-state index in [1.54, 1.807) is 18.2 Å². The molecule has 0 aliphatic rings. The number of nitrogens with one attached hydrogen (secondary N) is 2. The van der Waals surface area contributed by atoms with E-state index in [0.717, 1.165) is 31.7 Å². The smallest absolute Gasteiger partial charge is 0.250 e. The molecule has 0 saturated carbocycles. The third-order valence-corrected chi connectivity index (χ3v) is 2.53. The normalized spacial score (nSPS) is 10.2. The van der Waals surface area contributed by atoms with E-state index >= 15 is 0 Å². The van der Waals surface area contributed by atoms with Crippen molar-refractivity contribution in [2.24, 2.45) is 5.73 Å². The molecule has 0 fully saturated rings. The number of primary amides is 1. The van der Waals surface area contributed by atoms with Gasteiger partial charge in [0.25, 0.3) is 5.91 Å². The Kier molecular flexibility index (Phi) is 5.80. The number of rotatable bonds is 7. The van der Waals surface area contributed by atoms with Gasteiger partial charge in [0.15, 0.2) is 0 Å². The maximum absolute atomic E-state index is 11.2. The van der Waals surface area contributed by atoms with Gasteiger partial charge in [-0.3, -0.25) is 4.79 Å². The molecule has 0 saturated heterocycles. The third kappa shape index (κ3) is 4.63. The van der Waals surface area contributed by atoms with E-state index in [0.29, 0.717) is 10.6 Å². The fraction of sp³-hybridized carbons (Fsp3) is 0.417. The fourth-order valence-electron chi connectivity index (χ4n) is 1.46. The Bertz CT molecular complexity index is 382. The second-order valence-electron chi connectivity index (χ2n) is 3.73. The van der Waals surface area contributed by atoms with Crippen LogP contribution in [0.5, 0.6) is 0 Å². The summed E-state index contributed by atoms with van der Waals surface area (Å²) in [5.74, 6) is -0.475. The molecule has 1 aromatic rings. The fourth-order valence-corrected chi connectivity index (χ4v) is 1.63. The summed E-state index contributed by atoms with van der Waals surface area (Å²) in [5, 5.41) is 6.93. The molecule has 0 aromatic heterocycles. The van der Waals surface area contributed by atoms with Gasteiger partial charge in [-0.05, 0) is 31.2 Å². The largest absolute Gasteiger partial charge is 0.383 e. The molecule has 94 valence electrons. The molecule has 0 aliphatic heterocycles. The Balaban J connectivity index is 2.55. The molecule has 0 bridgehead atoms. The summed E-state index contributed by atoms with van der Waals surface area (Å²) in [6, 6.07) is 5.07. The van der Waals surface area contributed by atoms with Crippen molar-refractivity contribution in [3.63, 3.8) is 0 Å². The van der Waals surface area contributed by atoms with Crippen LogP contribution in [0.4, 0.5) is 5.69 Å². The molecule has 4 nitrogen and oxygen atoms in total. The molecule has 0 unspecified atom stereocenters. The van der Waals surface area contributed by atoms with E-state index in [4.69, 9.17) is 17.3 Å². The monoisotopic (exact) mass is 255 g/mol. The van der Waals surface area contributed by atoms with E-state index in [9.17, 15) is 4.79 Å². The molecule has 0 radical (unpaired) electrons. The molecule has 1 amide bonds. The lowest BCUT2D eigenvalue weighted by Gasteiger charge is -2.10. The molecule has 1 rings (SSSR count). The Hall–Kier alpha value is -1.26. The molecular formula is C12H18ClN3O. The Morgan fingerprint density at radius 1 is 1.35 bits per heavy atom. The first-order valence-corrected chi connectivity index (χ1v) is 6.07. The lowest BCUT2D eigenvalue weighted by molar-refractivity contribution is 0.100. The van der Waals surface area contributed by atoms with Gasteiger partial charge in [0, 0.05) is 23.8 Å². The Labute approximate surface area is 107 Å². The van der Waals surface area contributed by atoms with E-state index in [-0.39, 0.29) is 0 Å². The summed E-state index contributed by atoms with van der Waals surface area (Å²) in [6.07, 6.45) is 1.10. The Morgan fingerprint density at radius 2 is 2.12 bits per heavy atom. The molecular weight excluding hydrogens is 238 g/mol. The summed E-state index contributed by atoms with van der Waals surface area (Å²) in [6.45, 7) is 4.69. The summed E-state index contributed by atoms with van der Waals surface area (Å²) in [5.41, 5.74) is 6.43. The van der Waals surface area contributed by atoms with Crippen molar-refractivity contribution in [3.05, 3.63) is 28.8 Å². The van der Waals surface area contributed by atoms with Crippen LogP contribution < -0.4 is 16.4 Å². The number of carbonyl (C=O) groups excluding carboxylic acids is 1. The first-order chi connectivity index (χ1) is 8.15. The number of anilines is 1. The zero-order chi connectivity index (χ0) is 12.7. The summed E-state index contributed by atoms with van der Waals surface area (Å²) < 4.78 is 0. The quantitative estimate of drug-likeness (QED) is 0.652. The van der Waals surface area contributed by atoms with Crippen molar-refractivity contribution in [2.75, 3.05) is 25.0 Å². The average Bonchev–Trinajstić information content (AvgIpc) is 2.30. The number of amides is 1. The number of nitrogens with two attached hydrogens (primary N) is 1. The number of carbonyl (C=O) groups is 1. The zero-order valence-electron chi connectivity index (χ0n) is 9.92. The molecule has 0 aliphatic carbocycles. The van der Waals surface area contributed by atoms with Gasteiger partial charge in [-0.2, -0.15) is 0 Å². The van der Waals surface area contributed by atoms with Crippen LogP contribution in [0.2, 0.25) is 5.02 Å². The highest BCUT2D eigenvalue weighted by Crippen LogP contribution is 2.19. The minimum absolute atomic E-state index is 0.424. The number of benzene rings is 1. The minimum Gasteiger partial charge on any atom is -0.383 e. The van der Waals surface area contributed by atoms with Gasteiger partial charge in [-0.1, -0.05) is 18.5 Å². The maximum Gasteiger partial charge on any atom is 0.250 e. The van der Waals surface area contributed by atoms with Gasteiger partial charge in [0.05, 0.1) is 5.56 Å². The average molecular weight is 256 g/mol. The molecule has 0 heterocycles. The van der Waals surface area contributed by atoms with Crippen molar-refractivity contribution >= 4 is 23.2 Å². The first kappa shape index (κ1) is 13.8. The molecule has 1 aromatic carbocycles. The molecule has 0 spiro atoms. The van der Waals surface area contributed by atoms with Crippen LogP contribution >= 0.6 is 11.6 Å². The SMILES string of the molecule is CCCNCCNc1ccc(Cl)cc1C(N)=O. The second-order valence-corrected chi connectivity index (χ2v) is 4.17. The summed E-state index contributed by atoms with van der Waals surface area (Å²) >= 11 is 5.82.